The summed E-state index contributed by atoms with van der Waals surface area (Å²) >= 11 is 0. The second-order valence-electron chi connectivity index (χ2n) is 9.20. The minimum atomic E-state index is -0.978. The minimum absolute atomic E-state index is 0.0129. The molecule has 190 valence electrons. The van der Waals surface area contributed by atoms with Crippen molar-refractivity contribution in [3.63, 3.8) is 0 Å². The van der Waals surface area contributed by atoms with Crippen LogP contribution in [0.5, 0.6) is 0 Å². The molecule has 1 saturated heterocycles. The molecule has 0 aromatic carbocycles. The summed E-state index contributed by atoms with van der Waals surface area (Å²) in [4.78, 5) is 45.8. The van der Waals surface area contributed by atoms with Gasteiger partial charge < -0.3 is 15.3 Å². The van der Waals surface area contributed by atoms with Gasteiger partial charge in [0, 0.05) is 37.2 Å². The van der Waals surface area contributed by atoms with Crippen molar-refractivity contribution >= 4 is 23.6 Å². The number of rotatable bonds is 15. The fourth-order valence-electron chi connectivity index (χ4n) is 4.01. The van der Waals surface area contributed by atoms with Gasteiger partial charge in [-0.1, -0.05) is 38.2 Å². The van der Waals surface area contributed by atoms with E-state index in [0.717, 1.165) is 6.08 Å². The second-order valence-corrected chi connectivity index (χ2v) is 9.20. The molecule has 0 aromatic heterocycles. The van der Waals surface area contributed by atoms with Gasteiger partial charge in [-0.05, 0) is 50.5 Å². The number of piperidine rings is 1. The van der Waals surface area contributed by atoms with Gasteiger partial charge in [-0.2, -0.15) is 0 Å². The first-order chi connectivity index (χ1) is 16.0. The van der Waals surface area contributed by atoms with Crippen molar-refractivity contribution in [1.82, 2.24) is 5.32 Å². The van der Waals surface area contributed by atoms with Gasteiger partial charge in [0.25, 0.3) is 0 Å². The van der Waals surface area contributed by atoms with Gasteiger partial charge in [0.1, 0.15) is 5.78 Å². The van der Waals surface area contributed by atoms with E-state index < -0.39 is 24.1 Å². The van der Waals surface area contributed by atoms with Crippen LogP contribution in [0.1, 0.15) is 72.1 Å². The molecule has 0 spiro atoms. The standard InChI is InChI=1S/C26H39NO7/c1-17(21(28)12-9-10-20-15-23(30)27-24(31)16-20)14-18(2)26(34)19(3)22(29)11-7-5-4-6-8-13-25(32)33/h5,7-8,13-14,17,19-20,22,26,29,34H,4,6,9-12,15-16H2,1-3H3,(H,32,33)(H,27,30,31)/b7-5+,13-8+,18-14+/t17-,19-,22+,26-/m0/s1. The molecular weight excluding hydrogens is 438 g/mol. The Hall–Kier alpha value is -2.58. The fourth-order valence-corrected chi connectivity index (χ4v) is 4.01. The number of unbranched alkanes of at least 4 members (excludes halogenated alkanes) is 1. The Labute approximate surface area is 201 Å². The molecule has 4 atom stereocenters. The van der Waals surface area contributed by atoms with Crippen LogP contribution in [0.3, 0.4) is 0 Å². The van der Waals surface area contributed by atoms with Crippen molar-refractivity contribution < 1.29 is 34.5 Å². The molecule has 4 N–H and O–H groups in total. The second kappa shape index (κ2) is 15.3. The van der Waals surface area contributed by atoms with Crippen molar-refractivity contribution in [2.45, 2.75) is 84.3 Å². The number of carboxylic acids is 1. The molecule has 0 saturated carbocycles. The zero-order chi connectivity index (χ0) is 25.7. The maximum absolute atomic E-state index is 12.5. The highest BCUT2D eigenvalue weighted by molar-refractivity contribution is 5.97. The highest BCUT2D eigenvalue weighted by atomic mass is 16.4. The van der Waals surface area contributed by atoms with Crippen molar-refractivity contribution in [3.8, 4) is 0 Å². The molecule has 0 aromatic rings. The molecule has 8 heteroatoms. The summed E-state index contributed by atoms with van der Waals surface area (Å²) in [7, 11) is 0. The summed E-state index contributed by atoms with van der Waals surface area (Å²) in [5.74, 6) is -2.28. The van der Waals surface area contributed by atoms with E-state index >= 15 is 0 Å². The fraction of sp³-hybridized carbons (Fsp3) is 0.615. The summed E-state index contributed by atoms with van der Waals surface area (Å²) < 4.78 is 0. The van der Waals surface area contributed by atoms with Crippen molar-refractivity contribution in [3.05, 3.63) is 36.0 Å². The lowest BCUT2D eigenvalue weighted by Gasteiger charge is -2.24. The average Bonchev–Trinajstić information content (AvgIpc) is 2.76. The summed E-state index contributed by atoms with van der Waals surface area (Å²) in [5.41, 5.74) is 0.629. The van der Waals surface area contributed by atoms with Gasteiger partial charge in [-0.25, -0.2) is 4.79 Å². The Morgan fingerprint density at radius 2 is 1.68 bits per heavy atom. The van der Waals surface area contributed by atoms with Crippen LogP contribution >= 0.6 is 0 Å². The van der Waals surface area contributed by atoms with Crippen LogP contribution in [0.25, 0.3) is 0 Å². The number of carbonyl (C=O) groups is 4. The number of allylic oxidation sites excluding steroid dienone is 3. The number of ketones is 1. The van der Waals surface area contributed by atoms with Gasteiger partial charge in [0.2, 0.25) is 11.8 Å². The number of nitrogens with one attached hydrogen (secondary N) is 1. The van der Waals surface area contributed by atoms with Crippen LogP contribution in [-0.4, -0.2) is 51.1 Å². The van der Waals surface area contributed by atoms with Crippen LogP contribution in [0.4, 0.5) is 0 Å². The maximum atomic E-state index is 12.5. The SMILES string of the molecule is C/C(=C\[C@H](C)C(=O)CCCC1CC(=O)NC(=O)C1)[C@H](O)[C@@H](C)[C@H](O)C/C=C/CC/C=C/C(=O)O. The molecule has 0 unspecified atom stereocenters. The summed E-state index contributed by atoms with van der Waals surface area (Å²) in [6.07, 6.45) is 10.3. The zero-order valence-corrected chi connectivity index (χ0v) is 20.4. The van der Waals surface area contributed by atoms with Crippen LogP contribution in [0.15, 0.2) is 36.0 Å². The summed E-state index contributed by atoms with van der Waals surface area (Å²) in [6, 6.07) is 0. The number of aliphatic hydroxyl groups excluding tert-OH is 2. The summed E-state index contributed by atoms with van der Waals surface area (Å²) in [5, 5.41) is 31.8. The van der Waals surface area contributed by atoms with E-state index in [1.54, 1.807) is 32.9 Å². The predicted molar refractivity (Wildman–Crippen MR) is 129 cm³/mol. The van der Waals surface area contributed by atoms with Crippen molar-refractivity contribution in [2.75, 3.05) is 0 Å². The number of Topliss-reactive ketones (excluding diaryl/α,β-unsaturated/α-hetero) is 1. The lowest BCUT2D eigenvalue weighted by atomic mass is 9.88. The first kappa shape index (κ1) is 29.5. The summed E-state index contributed by atoms with van der Waals surface area (Å²) in [6.45, 7) is 5.28. The zero-order valence-electron chi connectivity index (χ0n) is 20.4. The highest BCUT2D eigenvalue weighted by Crippen LogP contribution is 2.23. The number of carboxylic acid groups (broad SMARTS) is 1. The molecular formula is C26H39NO7. The highest BCUT2D eigenvalue weighted by Gasteiger charge is 2.26. The molecule has 1 heterocycles. The van der Waals surface area contributed by atoms with Gasteiger partial charge in [0.05, 0.1) is 12.2 Å². The van der Waals surface area contributed by atoms with Crippen LogP contribution in [0, 0.1) is 17.8 Å². The number of aliphatic carboxylic acids is 1. The number of imide groups is 1. The Morgan fingerprint density at radius 3 is 2.29 bits per heavy atom. The predicted octanol–water partition coefficient (Wildman–Crippen LogP) is 3.09. The van der Waals surface area contributed by atoms with E-state index in [-0.39, 0.29) is 29.4 Å². The monoisotopic (exact) mass is 477 g/mol. The topological polar surface area (TPSA) is 141 Å². The van der Waals surface area contributed by atoms with Crippen LogP contribution < -0.4 is 5.32 Å². The minimum Gasteiger partial charge on any atom is -0.478 e. The number of aliphatic hydroxyl groups is 2. The van der Waals surface area contributed by atoms with E-state index in [1.165, 1.54) is 0 Å². The molecule has 0 bridgehead atoms. The normalized spacial score (nSPS) is 19.3. The third-order valence-electron chi connectivity index (χ3n) is 6.16. The lowest BCUT2D eigenvalue weighted by Crippen LogP contribution is -2.38. The van der Waals surface area contributed by atoms with E-state index in [2.05, 4.69) is 5.32 Å². The third kappa shape index (κ3) is 11.5. The quantitative estimate of drug-likeness (QED) is 0.123. The third-order valence-corrected chi connectivity index (χ3v) is 6.16. The first-order valence-corrected chi connectivity index (χ1v) is 12.0. The van der Waals surface area contributed by atoms with Crippen LogP contribution in [-0.2, 0) is 19.2 Å². The number of hydrogen-bond acceptors (Lipinski definition) is 6. The molecule has 1 rings (SSSR count). The lowest BCUT2D eigenvalue weighted by molar-refractivity contribution is -0.135. The van der Waals surface area contributed by atoms with E-state index in [1.807, 2.05) is 12.2 Å². The van der Waals surface area contributed by atoms with Crippen molar-refractivity contribution in [2.24, 2.45) is 17.8 Å². The van der Waals surface area contributed by atoms with E-state index in [9.17, 15) is 29.4 Å². The maximum Gasteiger partial charge on any atom is 0.327 e. The Morgan fingerprint density at radius 1 is 1.06 bits per heavy atom. The number of amides is 2. The Bertz CT molecular complexity index is 783. The first-order valence-electron chi connectivity index (χ1n) is 12.0. The molecule has 34 heavy (non-hydrogen) atoms. The molecule has 1 aliphatic heterocycles. The van der Waals surface area contributed by atoms with Crippen molar-refractivity contribution in [1.29, 1.82) is 0 Å². The molecule has 8 nitrogen and oxygen atoms in total. The molecule has 0 radical (unpaired) electrons. The molecule has 1 fully saturated rings. The smallest absolute Gasteiger partial charge is 0.327 e. The largest absolute Gasteiger partial charge is 0.478 e. The van der Waals surface area contributed by atoms with Crippen LogP contribution in [0.2, 0.25) is 0 Å². The van der Waals surface area contributed by atoms with Gasteiger partial charge in [-0.15, -0.1) is 0 Å². The Balaban J connectivity index is 2.42. The van der Waals surface area contributed by atoms with Gasteiger partial charge >= 0.3 is 5.97 Å². The average molecular weight is 478 g/mol. The number of carbonyl (C=O) groups excluding carboxylic acids is 3. The van der Waals surface area contributed by atoms with E-state index in [0.29, 0.717) is 56.9 Å². The molecule has 1 aliphatic rings. The van der Waals surface area contributed by atoms with Gasteiger partial charge in [-0.3, -0.25) is 19.7 Å². The van der Waals surface area contributed by atoms with Gasteiger partial charge in [0.15, 0.2) is 0 Å². The van der Waals surface area contributed by atoms with E-state index in [4.69, 9.17) is 5.11 Å². The molecule has 0 aliphatic carbocycles. The Kier molecular flexibility index (Phi) is 13.3. The molecule has 2 amide bonds. The number of hydrogen-bond donors (Lipinski definition) is 4.